The minimum atomic E-state index is -0.550. The van der Waals surface area contributed by atoms with Gasteiger partial charge in [-0.25, -0.2) is 4.79 Å². The van der Waals surface area contributed by atoms with E-state index in [1.807, 2.05) is 6.07 Å². The summed E-state index contributed by atoms with van der Waals surface area (Å²) in [5, 5.41) is 11.1. The molecule has 1 rings (SSSR count). The molecule has 0 aromatic heterocycles. The van der Waals surface area contributed by atoms with E-state index in [9.17, 15) is 4.79 Å². The van der Waals surface area contributed by atoms with E-state index in [2.05, 4.69) is 11.9 Å². The molecule has 0 saturated carbocycles. The van der Waals surface area contributed by atoms with Gasteiger partial charge in [0.1, 0.15) is 12.4 Å². The number of benzene rings is 1. The number of ether oxygens (including phenoxy) is 2. The van der Waals surface area contributed by atoms with E-state index in [4.69, 9.17) is 14.7 Å². The van der Waals surface area contributed by atoms with Crippen LogP contribution in [-0.2, 0) is 4.74 Å². The minimum Gasteiger partial charge on any atom is -0.492 e. The van der Waals surface area contributed by atoms with Crippen LogP contribution in [0.1, 0.15) is 12.5 Å². The Labute approximate surface area is 106 Å². The number of nitriles is 1. The van der Waals surface area contributed by atoms with Crippen LogP contribution in [0.2, 0.25) is 0 Å². The SMILES string of the molecule is C=C(C)OC(=O)NCCOc1ccc(C#N)cc1. The average Bonchev–Trinajstić information content (AvgIpc) is 2.34. The summed E-state index contributed by atoms with van der Waals surface area (Å²) in [6.45, 7) is 5.68. The maximum atomic E-state index is 11.1. The Morgan fingerprint density at radius 1 is 1.44 bits per heavy atom. The van der Waals surface area contributed by atoms with Crippen LogP contribution in [0.3, 0.4) is 0 Å². The Balaban J connectivity index is 2.23. The van der Waals surface area contributed by atoms with Crippen molar-refractivity contribution < 1.29 is 14.3 Å². The van der Waals surface area contributed by atoms with Gasteiger partial charge in [0.15, 0.2) is 0 Å². The largest absolute Gasteiger partial charge is 0.492 e. The first-order valence-corrected chi connectivity index (χ1v) is 5.36. The summed E-state index contributed by atoms with van der Waals surface area (Å²) < 4.78 is 10.1. The highest BCUT2D eigenvalue weighted by atomic mass is 16.6. The molecule has 1 N–H and O–H groups in total. The highest BCUT2D eigenvalue weighted by Crippen LogP contribution is 2.10. The number of allylic oxidation sites excluding steroid dienone is 1. The van der Waals surface area contributed by atoms with Gasteiger partial charge >= 0.3 is 6.09 Å². The van der Waals surface area contributed by atoms with Crippen LogP contribution in [0.15, 0.2) is 36.6 Å². The molecular weight excluding hydrogens is 232 g/mol. The van der Waals surface area contributed by atoms with E-state index >= 15 is 0 Å². The van der Waals surface area contributed by atoms with Crippen LogP contribution in [0.5, 0.6) is 5.75 Å². The van der Waals surface area contributed by atoms with Gasteiger partial charge < -0.3 is 14.8 Å². The van der Waals surface area contributed by atoms with Gasteiger partial charge in [0.05, 0.1) is 23.9 Å². The molecule has 0 unspecified atom stereocenters. The lowest BCUT2D eigenvalue weighted by Gasteiger charge is -2.07. The van der Waals surface area contributed by atoms with Gasteiger partial charge in [-0.3, -0.25) is 0 Å². The fourth-order valence-corrected chi connectivity index (χ4v) is 1.14. The molecule has 1 aromatic rings. The van der Waals surface area contributed by atoms with Crippen LogP contribution in [0.25, 0.3) is 0 Å². The molecule has 5 heteroatoms. The average molecular weight is 246 g/mol. The van der Waals surface area contributed by atoms with Crippen molar-refractivity contribution in [2.75, 3.05) is 13.2 Å². The van der Waals surface area contributed by atoms with Gasteiger partial charge in [-0.05, 0) is 31.2 Å². The van der Waals surface area contributed by atoms with Gasteiger partial charge in [-0.2, -0.15) is 5.26 Å². The molecule has 0 aliphatic carbocycles. The molecule has 0 radical (unpaired) electrons. The van der Waals surface area contributed by atoms with E-state index in [0.29, 0.717) is 30.2 Å². The number of alkyl carbamates (subject to hydrolysis) is 1. The summed E-state index contributed by atoms with van der Waals surface area (Å²) in [5.41, 5.74) is 0.575. The molecule has 0 atom stereocenters. The summed E-state index contributed by atoms with van der Waals surface area (Å²) >= 11 is 0. The standard InChI is InChI=1S/C13H14N2O3/c1-10(2)18-13(16)15-7-8-17-12-5-3-11(9-14)4-6-12/h3-6H,1,7-8H2,2H3,(H,15,16). The number of hydrogen-bond acceptors (Lipinski definition) is 4. The zero-order valence-corrected chi connectivity index (χ0v) is 10.1. The lowest BCUT2D eigenvalue weighted by Crippen LogP contribution is -2.28. The van der Waals surface area contributed by atoms with E-state index < -0.39 is 6.09 Å². The maximum Gasteiger partial charge on any atom is 0.412 e. The Bertz CT molecular complexity index is 460. The van der Waals surface area contributed by atoms with Crippen molar-refractivity contribution in [3.05, 3.63) is 42.2 Å². The highest BCUT2D eigenvalue weighted by Gasteiger charge is 2.01. The molecule has 1 aromatic carbocycles. The summed E-state index contributed by atoms with van der Waals surface area (Å²) in [5.74, 6) is 0.976. The van der Waals surface area contributed by atoms with Crippen LogP contribution in [0, 0.1) is 11.3 Å². The quantitative estimate of drug-likeness (QED) is 0.638. The molecule has 5 nitrogen and oxygen atoms in total. The maximum absolute atomic E-state index is 11.1. The molecule has 0 aliphatic rings. The number of amides is 1. The van der Waals surface area contributed by atoms with E-state index in [-0.39, 0.29) is 0 Å². The molecule has 94 valence electrons. The van der Waals surface area contributed by atoms with Crippen LogP contribution >= 0.6 is 0 Å². The second kappa shape index (κ2) is 6.97. The molecule has 0 bridgehead atoms. The Morgan fingerprint density at radius 3 is 2.67 bits per heavy atom. The van der Waals surface area contributed by atoms with Crippen molar-refractivity contribution in [1.82, 2.24) is 5.32 Å². The summed E-state index contributed by atoms with van der Waals surface area (Å²) in [6, 6.07) is 8.75. The van der Waals surface area contributed by atoms with Crippen molar-refractivity contribution >= 4 is 6.09 Å². The lowest BCUT2D eigenvalue weighted by molar-refractivity contribution is 0.174. The van der Waals surface area contributed by atoms with Crippen LogP contribution in [-0.4, -0.2) is 19.2 Å². The highest BCUT2D eigenvalue weighted by molar-refractivity contribution is 5.68. The summed E-state index contributed by atoms with van der Waals surface area (Å²) in [6.07, 6.45) is -0.550. The topological polar surface area (TPSA) is 71.3 Å². The zero-order chi connectivity index (χ0) is 13.4. The molecule has 0 heterocycles. The first-order chi connectivity index (χ1) is 8.61. The summed E-state index contributed by atoms with van der Waals surface area (Å²) in [7, 11) is 0. The summed E-state index contributed by atoms with van der Waals surface area (Å²) in [4.78, 5) is 11.1. The molecule has 0 spiro atoms. The van der Waals surface area contributed by atoms with E-state index in [1.54, 1.807) is 31.2 Å². The number of nitrogens with one attached hydrogen (secondary N) is 1. The lowest BCUT2D eigenvalue weighted by atomic mass is 10.2. The van der Waals surface area contributed by atoms with Gasteiger partial charge in [0.2, 0.25) is 0 Å². The number of hydrogen-bond donors (Lipinski definition) is 1. The normalized spacial score (nSPS) is 9.11. The van der Waals surface area contributed by atoms with Gasteiger partial charge in [0.25, 0.3) is 0 Å². The van der Waals surface area contributed by atoms with Gasteiger partial charge in [0, 0.05) is 0 Å². The minimum absolute atomic E-state index is 0.317. The van der Waals surface area contributed by atoms with Crippen LogP contribution in [0.4, 0.5) is 4.79 Å². The monoisotopic (exact) mass is 246 g/mol. The van der Waals surface area contributed by atoms with Crippen molar-refractivity contribution in [1.29, 1.82) is 5.26 Å². The predicted molar refractivity (Wildman–Crippen MR) is 65.9 cm³/mol. The third-order valence-corrected chi connectivity index (χ3v) is 1.89. The second-order valence-electron chi connectivity index (χ2n) is 3.50. The molecular formula is C13H14N2O3. The van der Waals surface area contributed by atoms with Crippen molar-refractivity contribution in [3.8, 4) is 11.8 Å². The second-order valence-corrected chi connectivity index (χ2v) is 3.50. The third-order valence-electron chi connectivity index (χ3n) is 1.89. The Hall–Kier alpha value is -2.48. The molecule has 18 heavy (non-hydrogen) atoms. The molecule has 0 saturated heterocycles. The fourth-order valence-electron chi connectivity index (χ4n) is 1.14. The predicted octanol–water partition coefficient (Wildman–Crippen LogP) is 2.20. The first-order valence-electron chi connectivity index (χ1n) is 5.36. The number of carbonyl (C=O) groups excluding carboxylic acids is 1. The van der Waals surface area contributed by atoms with Crippen molar-refractivity contribution in [2.24, 2.45) is 0 Å². The van der Waals surface area contributed by atoms with E-state index in [0.717, 1.165) is 0 Å². The van der Waals surface area contributed by atoms with Gasteiger partial charge in [-0.15, -0.1) is 0 Å². The molecule has 1 amide bonds. The van der Waals surface area contributed by atoms with Crippen LogP contribution < -0.4 is 10.1 Å². The van der Waals surface area contributed by atoms with Gasteiger partial charge in [-0.1, -0.05) is 6.58 Å². The van der Waals surface area contributed by atoms with Crippen molar-refractivity contribution in [2.45, 2.75) is 6.92 Å². The molecule has 0 aliphatic heterocycles. The fraction of sp³-hybridized carbons (Fsp3) is 0.231. The van der Waals surface area contributed by atoms with Crippen molar-refractivity contribution in [3.63, 3.8) is 0 Å². The Kier molecular flexibility index (Phi) is 5.26. The Morgan fingerprint density at radius 2 is 2.11 bits per heavy atom. The first kappa shape index (κ1) is 13.6. The molecule has 0 fully saturated rings. The third kappa shape index (κ3) is 5.03. The zero-order valence-electron chi connectivity index (χ0n) is 10.1. The number of rotatable bonds is 5. The number of carbonyl (C=O) groups is 1. The smallest absolute Gasteiger partial charge is 0.412 e. The van der Waals surface area contributed by atoms with E-state index in [1.165, 1.54) is 0 Å². The number of nitrogens with zero attached hydrogens (tertiary/aromatic N) is 1.